The Bertz CT molecular complexity index is 950. The zero-order chi connectivity index (χ0) is 19.6. The summed E-state index contributed by atoms with van der Waals surface area (Å²) < 4.78 is 39.5. The van der Waals surface area contributed by atoms with Gasteiger partial charge < -0.3 is 10.6 Å². The van der Waals surface area contributed by atoms with E-state index in [0.29, 0.717) is 27.8 Å². The van der Waals surface area contributed by atoms with Gasteiger partial charge in [0, 0.05) is 22.1 Å². The summed E-state index contributed by atoms with van der Waals surface area (Å²) in [6.45, 7) is 1.54. The molecule has 0 spiro atoms. The van der Waals surface area contributed by atoms with Crippen LogP contribution in [0.1, 0.15) is 11.4 Å². The first-order valence-corrected chi connectivity index (χ1v) is 8.18. The van der Waals surface area contributed by atoms with Crippen molar-refractivity contribution in [2.24, 2.45) is 0 Å². The Morgan fingerprint density at radius 1 is 1.00 bits per heavy atom. The fourth-order valence-electron chi connectivity index (χ4n) is 2.39. The summed E-state index contributed by atoms with van der Waals surface area (Å²) in [4.78, 5) is 12.0. The van der Waals surface area contributed by atoms with Crippen molar-refractivity contribution in [2.45, 2.75) is 13.1 Å². The van der Waals surface area contributed by atoms with Gasteiger partial charge in [-0.2, -0.15) is 18.3 Å². The fourth-order valence-corrected chi connectivity index (χ4v) is 2.51. The summed E-state index contributed by atoms with van der Waals surface area (Å²) in [5, 5.41) is 9.42. The first kappa shape index (κ1) is 18.8. The van der Waals surface area contributed by atoms with Crippen LogP contribution in [0.4, 0.5) is 29.3 Å². The number of aromatic nitrogens is 2. The van der Waals surface area contributed by atoms with Crippen LogP contribution in [0.25, 0.3) is 5.69 Å². The molecule has 3 rings (SSSR count). The molecule has 0 aliphatic carbocycles. The van der Waals surface area contributed by atoms with Gasteiger partial charge in [0.25, 0.3) is 0 Å². The number of benzene rings is 2. The first-order chi connectivity index (χ1) is 12.7. The van der Waals surface area contributed by atoms with Crippen LogP contribution < -0.4 is 10.6 Å². The van der Waals surface area contributed by atoms with Gasteiger partial charge >= 0.3 is 12.2 Å². The highest BCUT2D eigenvalue weighted by molar-refractivity contribution is 6.30. The Balaban J connectivity index is 1.69. The molecule has 1 aromatic heterocycles. The van der Waals surface area contributed by atoms with E-state index in [4.69, 9.17) is 11.6 Å². The van der Waals surface area contributed by atoms with Gasteiger partial charge in [0.1, 0.15) is 0 Å². The molecule has 27 heavy (non-hydrogen) atoms. The van der Waals surface area contributed by atoms with Crippen LogP contribution in [-0.2, 0) is 6.18 Å². The maximum absolute atomic E-state index is 12.8. The van der Waals surface area contributed by atoms with Gasteiger partial charge in [-0.05, 0) is 61.5 Å². The van der Waals surface area contributed by atoms with Crippen molar-refractivity contribution in [3.8, 4) is 5.69 Å². The highest BCUT2D eigenvalue weighted by Crippen LogP contribution is 2.29. The summed E-state index contributed by atoms with van der Waals surface area (Å²) in [5.41, 5.74) is 0.895. The normalized spacial score (nSPS) is 11.3. The third kappa shape index (κ3) is 4.59. The van der Waals surface area contributed by atoms with E-state index in [1.807, 2.05) is 0 Å². The Morgan fingerprint density at radius 3 is 2.00 bits per heavy atom. The lowest BCUT2D eigenvalue weighted by Crippen LogP contribution is -2.19. The molecule has 0 saturated carbocycles. The zero-order valence-corrected chi connectivity index (χ0v) is 14.8. The minimum absolute atomic E-state index is 0.350. The van der Waals surface area contributed by atoms with Gasteiger partial charge in [0.15, 0.2) is 5.69 Å². The van der Waals surface area contributed by atoms with Gasteiger partial charge in [-0.25, -0.2) is 9.48 Å². The number of amides is 2. The minimum Gasteiger partial charge on any atom is -0.308 e. The molecule has 0 atom stereocenters. The molecule has 0 aliphatic heterocycles. The molecule has 9 heteroatoms. The number of carbonyl (C=O) groups is 1. The summed E-state index contributed by atoms with van der Waals surface area (Å²) in [5.74, 6) is 0. The van der Waals surface area contributed by atoms with Crippen LogP contribution >= 0.6 is 11.6 Å². The molecule has 5 nitrogen and oxygen atoms in total. The lowest BCUT2D eigenvalue weighted by Gasteiger charge is -2.09. The van der Waals surface area contributed by atoms with E-state index in [-0.39, 0.29) is 0 Å². The lowest BCUT2D eigenvalue weighted by molar-refractivity contribution is -0.141. The maximum Gasteiger partial charge on any atom is 0.435 e. The number of carbonyl (C=O) groups excluding carboxylic acids is 1. The molecule has 0 saturated heterocycles. The van der Waals surface area contributed by atoms with Gasteiger partial charge in [-0.15, -0.1) is 0 Å². The number of anilines is 2. The highest BCUT2D eigenvalue weighted by atomic mass is 35.5. The molecule has 0 bridgehead atoms. The minimum atomic E-state index is -4.50. The molecule has 0 radical (unpaired) electrons. The maximum atomic E-state index is 12.8. The second-order valence-electron chi connectivity index (χ2n) is 5.71. The molecule has 2 N–H and O–H groups in total. The summed E-state index contributed by atoms with van der Waals surface area (Å²) in [6, 6.07) is 13.4. The van der Waals surface area contributed by atoms with E-state index in [2.05, 4.69) is 15.7 Å². The average Bonchev–Trinajstić information content (AvgIpc) is 3.00. The second kappa shape index (κ2) is 7.32. The Kier molecular flexibility index (Phi) is 5.09. The van der Waals surface area contributed by atoms with Gasteiger partial charge in [-0.1, -0.05) is 11.6 Å². The number of hydrogen-bond acceptors (Lipinski definition) is 2. The predicted octanol–water partition coefficient (Wildman–Crippen LogP) is 5.50. The molecule has 3 aromatic rings. The Labute approximate surface area is 157 Å². The topological polar surface area (TPSA) is 59.0 Å². The van der Waals surface area contributed by atoms with Crippen LogP contribution in [0.2, 0.25) is 5.02 Å². The van der Waals surface area contributed by atoms with Crippen molar-refractivity contribution in [1.29, 1.82) is 0 Å². The molecule has 2 amide bonds. The summed E-state index contributed by atoms with van der Waals surface area (Å²) in [7, 11) is 0. The van der Waals surface area contributed by atoms with Crippen LogP contribution in [-0.4, -0.2) is 15.8 Å². The Morgan fingerprint density at radius 2 is 1.52 bits per heavy atom. The van der Waals surface area contributed by atoms with Gasteiger partial charge in [0.05, 0.1) is 5.69 Å². The van der Waals surface area contributed by atoms with Crippen LogP contribution in [0, 0.1) is 6.92 Å². The number of rotatable bonds is 3. The molecule has 140 valence electrons. The lowest BCUT2D eigenvalue weighted by atomic mass is 10.2. The third-order valence-corrected chi connectivity index (χ3v) is 3.90. The van der Waals surface area contributed by atoms with Crippen LogP contribution in [0.15, 0.2) is 54.6 Å². The quantitative estimate of drug-likeness (QED) is 0.616. The molecular formula is C18H14ClF3N4O. The summed E-state index contributed by atoms with van der Waals surface area (Å²) >= 11 is 5.78. The number of nitrogens with one attached hydrogen (secondary N) is 2. The SMILES string of the molecule is Cc1cc(C(F)(F)F)nn1-c1ccc(NC(=O)Nc2ccc(Cl)cc2)cc1. The molecule has 0 unspecified atom stereocenters. The van der Waals surface area contributed by atoms with Crippen molar-refractivity contribution >= 4 is 29.0 Å². The standard InChI is InChI=1S/C18H14ClF3N4O/c1-11-10-16(18(20,21)22)25-26(11)15-8-6-14(7-9-15)24-17(27)23-13-4-2-12(19)3-5-13/h2-10H,1H3,(H2,23,24,27). The largest absolute Gasteiger partial charge is 0.435 e. The molecule has 0 aliphatic rings. The molecule has 0 fully saturated rings. The van der Waals surface area contributed by atoms with Crippen molar-refractivity contribution in [3.05, 3.63) is 71.0 Å². The van der Waals surface area contributed by atoms with E-state index in [0.717, 1.165) is 6.07 Å². The van der Waals surface area contributed by atoms with E-state index >= 15 is 0 Å². The van der Waals surface area contributed by atoms with Crippen molar-refractivity contribution in [3.63, 3.8) is 0 Å². The van der Waals surface area contributed by atoms with Crippen molar-refractivity contribution in [2.75, 3.05) is 10.6 Å². The number of halogens is 4. The Hall–Kier alpha value is -3.00. The third-order valence-electron chi connectivity index (χ3n) is 3.65. The van der Waals surface area contributed by atoms with E-state index < -0.39 is 17.9 Å². The van der Waals surface area contributed by atoms with Gasteiger partial charge in [-0.3, -0.25) is 0 Å². The van der Waals surface area contributed by atoms with Gasteiger partial charge in [0.2, 0.25) is 0 Å². The fraction of sp³-hybridized carbons (Fsp3) is 0.111. The predicted molar refractivity (Wildman–Crippen MR) is 97.4 cm³/mol. The number of hydrogen-bond donors (Lipinski definition) is 2. The van der Waals surface area contributed by atoms with Crippen LogP contribution in [0.3, 0.4) is 0 Å². The van der Waals surface area contributed by atoms with E-state index in [1.54, 1.807) is 48.5 Å². The van der Waals surface area contributed by atoms with Crippen LogP contribution in [0.5, 0.6) is 0 Å². The molecule has 2 aromatic carbocycles. The monoisotopic (exact) mass is 394 g/mol. The first-order valence-electron chi connectivity index (χ1n) is 7.80. The highest BCUT2D eigenvalue weighted by Gasteiger charge is 2.34. The summed E-state index contributed by atoms with van der Waals surface area (Å²) in [6.07, 6.45) is -4.50. The second-order valence-corrected chi connectivity index (χ2v) is 6.15. The zero-order valence-electron chi connectivity index (χ0n) is 14.0. The average molecular weight is 395 g/mol. The number of urea groups is 1. The van der Waals surface area contributed by atoms with E-state index in [1.165, 1.54) is 11.6 Å². The molecule has 1 heterocycles. The van der Waals surface area contributed by atoms with Crippen molar-refractivity contribution < 1.29 is 18.0 Å². The number of aryl methyl sites for hydroxylation is 1. The smallest absolute Gasteiger partial charge is 0.308 e. The number of alkyl halides is 3. The van der Waals surface area contributed by atoms with Crippen molar-refractivity contribution in [1.82, 2.24) is 9.78 Å². The number of nitrogens with zero attached hydrogens (tertiary/aromatic N) is 2. The van der Waals surface area contributed by atoms with E-state index in [9.17, 15) is 18.0 Å². The molecular weight excluding hydrogens is 381 g/mol.